The van der Waals surface area contributed by atoms with E-state index in [1.807, 2.05) is 0 Å². The van der Waals surface area contributed by atoms with Gasteiger partial charge in [-0.15, -0.1) is 0 Å². The molecule has 14 nitrogen and oxygen atoms in total. The molecule has 24 heteroatoms. The van der Waals surface area contributed by atoms with Gasteiger partial charge in [0.15, 0.2) is 11.6 Å². The number of aryl methyl sites for hydroxylation is 2. The molecule has 4 N–H and O–H groups in total. The summed E-state index contributed by atoms with van der Waals surface area (Å²) in [6.45, 7) is 5.65. The predicted molar refractivity (Wildman–Crippen MR) is 252 cm³/mol. The number of benzene rings is 5. The minimum Gasteiger partial charge on any atom is -0.324 e. The molecule has 0 fully saturated rings. The molecule has 0 saturated carbocycles. The summed E-state index contributed by atoms with van der Waals surface area (Å²) in [4.78, 5) is 78.6. The van der Waals surface area contributed by atoms with E-state index in [-0.39, 0.29) is 68.1 Å². The Balaban J connectivity index is 1.31. The lowest BCUT2D eigenvalue weighted by Crippen LogP contribution is -2.33. The molecule has 0 heterocycles. The van der Waals surface area contributed by atoms with Crippen LogP contribution in [-0.4, -0.2) is 47.3 Å². The van der Waals surface area contributed by atoms with E-state index in [1.54, 1.807) is 13.8 Å². The van der Waals surface area contributed by atoms with Crippen molar-refractivity contribution in [2.45, 2.75) is 65.0 Å². The van der Waals surface area contributed by atoms with Crippen molar-refractivity contribution in [1.82, 2.24) is 0 Å². The third kappa shape index (κ3) is 13.7. The molecule has 5 aromatic carbocycles. The Kier molecular flexibility index (Phi) is 17.6. The number of Topliss-reactive ketones (excluding diaryl/α,β-unsaturated/α-hetero) is 2. The fourth-order valence-corrected chi connectivity index (χ4v) is 7.11. The number of carbonyl (C=O) groups is 6. The number of alkyl halides is 6. The van der Waals surface area contributed by atoms with Crippen molar-refractivity contribution in [2.75, 3.05) is 21.3 Å². The minimum absolute atomic E-state index is 0.0502. The van der Waals surface area contributed by atoms with Crippen LogP contribution in [0.15, 0.2) is 105 Å². The van der Waals surface area contributed by atoms with Crippen molar-refractivity contribution in [3.63, 3.8) is 0 Å². The van der Waals surface area contributed by atoms with Gasteiger partial charge >= 0.3 is 12.4 Å². The summed E-state index contributed by atoms with van der Waals surface area (Å²) in [6, 6.07) is 12.5. The fraction of sp³-hybridized carbons (Fsp3) is 0.217. The van der Waals surface area contributed by atoms with Crippen LogP contribution < -0.4 is 21.3 Å². The molecule has 0 radical (unpaired) electrons. The second-order valence-corrected chi connectivity index (χ2v) is 16.6. The first-order valence-corrected chi connectivity index (χ1v) is 21.9. The number of rotatable bonds is 16. The van der Waals surface area contributed by atoms with Gasteiger partial charge in [-0.2, -0.15) is 46.8 Å². The number of hydrogen-bond acceptors (Lipinski definition) is 10. The average Bonchev–Trinajstić information content (AvgIpc) is 3.28. The Morgan fingerprint density at radius 2 is 0.871 bits per heavy atom. The summed E-state index contributed by atoms with van der Waals surface area (Å²) in [7, 11) is 0. The lowest BCUT2D eigenvalue weighted by Gasteiger charge is -2.19. The lowest BCUT2D eigenvalue weighted by atomic mass is 10.0. The maximum atomic E-state index is 13.7. The van der Waals surface area contributed by atoms with E-state index in [0.29, 0.717) is 23.3 Å². The maximum Gasteiger partial charge on any atom is 0.417 e. The first kappa shape index (κ1) is 54.2. The van der Waals surface area contributed by atoms with Gasteiger partial charge in [-0.3, -0.25) is 28.8 Å². The summed E-state index contributed by atoms with van der Waals surface area (Å²) in [6.07, 6.45) is -9.03. The van der Waals surface area contributed by atoms with E-state index in [4.69, 9.17) is 46.4 Å². The largest absolute Gasteiger partial charge is 0.417 e. The summed E-state index contributed by atoms with van der Waals surface area (Å²) >= 11 is 23.9. The first-order chi connectivity index (χ1) is 32.8. The van der Waals surface area contributed by atoms with E-state index in [1.165, 1.54) is 48.5 Å². The summed E-state index contributed by atoms with van der Waals surface area (Å²) in [5.74, 6) is -5.03. The van der Waals surface area contributed by atoms with Crippen molar-refractivity contribution in [2.24, 2.45) is 20.5 Å². The van der Waals surface area contributed by atoms with Gasteiger partial charge in [0, 0.05) is 33.9 Å². The smallest absolute Gasteiger partial charge is 0.324 e. The second-order valence-electron chi connectivity index (χ2n) is 14.9. The Morgan fingerprint density at radius 3 is 1.23 bits per heavy atom. The molecule has 2 atom stereocenters. The molecule has 5 aromatic rings. The molecule has 0 aromatic heterocycles. The van der Waals surface area contributed by atoms with Crippen LogP contribution in [0.4, 0.5) is 60.5 Å². The van der Waals surface area contributed by atoms with Crippen molar-refractivity contribution in [3.05, 3.63) is 138 Å². The molecule has 0 saturated heterocycles. The van der Waals surface area contributed by atoms with E-state index in [2.05, 4.69) is 41.7 Å². The van der Waals surface area contributed by atoms with Gasteiger partial charge in [-0.05, 0) is 123 Å². The number of halogens is 10. The zero-order valence-corrected chi connectivity index (χ0v) is 39.7. The number of azo groups is 2. The van der Waals surface area contributed by atoms with Gasteiger partial charge in [0.2, 0.25) is 12.1 Å². The summed E-state index contributed by atoms with van der Waals surface area (Å²) < 4.78 is 80.2. The molecule has 2 unspecified atom stereocenters. The van der Waals surface area contributed by atoms with Crippen LogP contribution in [0.1, 0.15) is 70.7 Å². The third-order valence-corrected chi connectivity index (χ3v) is 11.2. The second kappa shape index (κ2) is 22.8. The molecule has 0 aliphatic heterocycles. The molecule has 0 spiro atoms. The highest BCUT2D eigenvalue weighted by atomic mass is 35.5. The predicted octanol–water partition coefficient (Wildman–Crippen LogP) is 13.3. The minimum atomic E-state index is -4.79. The van der Waals surface area contributed by atoms with Crippen molar-refractivity contribution >= 4 is 116 Å². The number of nitrogens with zero attached hydrogens (tertiary/aromatic N) is 4. The van der Waals surface area contributed by atoms with E-state index in [0.717, 1.165) is 38.1 Å². The highest BCUT2D eigenvalue weighted by Crippen LogP contribution is 2.38. The Hall–Kier alpha value is -6.74. The van der Waals surface area contributed by atoms with Crippen LogP contribution in [0.25, 0.3) is 0 Å². The normalized spacial score (nSPS) is 12.7. The molecule has 0 bridgehead atoms. The molecule has 366 valence electrons. The van der Waals surface area contributed by atoms with Gasteiger partial charge in [0.1, 0.15) is 11.4 Å². The van der Waals surface area contributed by atoms with E-state index >= 15 is 0 Å². The highest BCUT2D eigenvalue weighted by molar-refractivity contribution is 6.34. The monoisotopic (exact) mass is 1050 g/mol. The first-order valence-electron chi connectivity index (χ1n) is 20.4. The standard InChI is InChI=1S/C46H36Cl4F6N8O6/c1-5-23-15-29(59-43(69)38(21(3)65)63-61-36-17-25(7-11-34(36)49)41(67)57-27-9-13-32(47)30(19-27)45(51,52)53)16-24(6-2)40(23)60-44(70)39(22(4)66)64-62-37-18-26(8-12-35(37)50)42(68)58-28-10-14-33(48)31(20-28)46(54,55)56/h7-20,38-39H,5-6H2,1-4H3,(H,57,67)(H,58,68)(H,59,69)(H,60,70). The van der Waals surface area contributed by atoms with Crippen molar-refractivity contribution in [3.8, 4) is 0 Å². The Morgan fingerprint density at radius 1 is 0.500 bits per heavy atom. The van der Waals surface area contributed by atoms with Gasteiger partial charge in [0.25, 0.3) is 23.6 Å². The molecule has 5 rings (SSSR count). The van der Waals surface area contributed by atoms with Crippen LogP contribution in [0.3, 0.4) is 0 Å². The third-order valence-electron chi connectivity index (χ3n) is 9.88. The number of carbonyl (C=O) groups excluding carboxylic acids is 6. The maximum absolute atomic E-state index is 13.7. The van der Waals surface area contributed by atoms with Crippen LogP contribution in [0.2, 0.25) is 20.1 Å². The Labute approximate surface area is 414 Å². The zero-order chi connectivity index (χ0) is 51.8. The molecule has 0 aliphatic carbocycles. The summed E-state index contributed by atoms with van der Waals surface area (Å²) in [5, 5.41) is 24.4. The highest BCUT2D eigenvalue weighted by Gasteiger charge is 2.35. The fourth-order valence-electron chi connectivity index (χ4n) is 6.34. The van der Waals surface area contributed by atoms with Crippen molar-refractivity contribution in [1.29, 1.82) is 0 Å². The van der Waals surface area contributed by atoms with Crippen molar-refractivity contribution < 1.29 is 55.1 Å². The number of anilines is 4. The molecule has 70 heavy (non-hydrogen) atoms. The molecular formula is C46H36Cl4F6N8O6. The van der Waals surface area contributed by atoms with Gasteiger partial charge < -0.3 is 21.3 Å². The molecule has 4 amide bonds. The SMILES string of the molecule is CCc1cc(NC(=O)C(N=Nc2cc(C(=O)Nc3ccc(Cl)c(C(F)(F)F)c3)ccc2Cl)C(C)=O)cc(CC)c1NC(=O)C(N=Nc1cc(C(=O)Nc2ccc(Cl)c(C(F)(F)F)c2)ccc1Cl)C(C)=O. The summed E-state index contributed by atoms with van der Waals surface area (Å²) in [5.41, 5.74) is -1.88. The topological polar surface area (TPSA) is 200 Å². The number of nitrogens with one attached hydrogen (secondary N) is 4. The van der Waals surface area contributed by atoms with Gasteiger partial charge in [0.05, 0.1) is 31.2 Å². The lowest BCUT2D eigenvalue weighted by molar-refractivity contribution is -0.138. The van der Waals surface area contributed by atoms with Crippen LogP contribution >= 0.6 is 46.4 Å². The number of hydrogen-bond donors (Lipinski definition) is 4. The van der Waals surface area contributed by atoms with Gasteiger partial charge in [-0.1, -0.05) is 60.3 Å². The van der Waals surface area contributed by atoms with Crippen LogP contribution in [0.5, 0.6) is 0 Å². The van der Waals surface area contributed by atoms with Crippen LogP contribution in [-0.2, 0) is 44.4 Å². The van der Waals surface area contributed by atoms with Gasteiger partial charge in [-0.25, -0.2) is 0 Å². The van der Waals surface area contributed by atoms with E-state index < -0.39 is 80.8 Å². The molecule has 0 aliphatic rings. The number of amides is 4. The average molecular weight is 1050 g/mol. The number of ketones is 2. The molecular weight excluding hydrogens is 1020 g/mol. The zero-order valence-electron chi connectivity index (χ0n) is 36.7. The van der Waals surface area contributed by atoms with Crippen LogP contribution in [0, 0.1) is 0 Å². The Bertz CT molecular complexity index is 2940. The van der Waals surface area contributed by atoms with E-state index in [9.17, 15) is 55.1 Å². The quantitative estimate of drug-likeness (QED) is 0.0430.